The van der Waals surface area contributed by atoms with E-state index in [1.165, 1.54) is 17.1 Å². The lowest BCUT2D eigenvalue weighted by Crippen LogP contribution is -2.47. The molecule has 1 N–H and O–H groups in total. The first-order chi connectivity index (χ1) is 9.62. The summed E-state index contributed by atoms with van der Waals surface area (Å²) in [6.07, 6.45) is 2.77. The number of amides is 1. The van der Waals surface area contributed by atoms with Crippen LogP contribution in [0.3, 0.4) is 0 Å². The van der Waals surface area contributed by atoms with Gasteiger partial charge in [-0.05, 0) is 39.0 Å². The summed E-state index contributed by atoms with van der Waals surface area (Å²) in [5.74, 6) is -1.48. The molecule has 6 heteroatoms. The summed E-state index contributed by atoms with van der Waals surface area (Å²) in [7, 11) is 0. The zero-order valence-electron chi connectivity index (χ0n) is 12.1. The molecule has 0 radical (unpaired) electrons. The molecule has 0 aliphatic heterocycles. The van der Waals surface area contributed by atoms with Crippen LogP contribution in [0.2, 0.25) is 10.0 Å². The van der Waals surface area contributed by atoms with Crippen molar-refractivity contribution in [3.8, 4) is 0 Å². The van der Waals surface area contributed by atoms with Gasteiger partial charge in [-0.3, -0.25) is 9.59 Å². The second-order valence-electron chi connectivity index (χ2n) is 5.46. The van der Waals surface area contributed by atoms with Gasteiger partial charge in [0.05, 0.1) is 0 Å². The zero-order valence-corrected chi connectivity index (χ0v) is 13.6. The summed E-state index contributed by atoms with van der Waals surface area (Å²) in [5, 5.41) is 9.76. The van der Waals surface area contributed by atoms with Gasteiger partial charge in [0.15, 0.2) is 0 Å². The monoisotopic (exact) mass is 329 g/mol. The Morgan fingerprint density at radius 3 is 2.19 bits per heavy atom. The summed E-state index contributed by atoms with van der Waals surface area (Å²) in [5.41, 5.74) is -0.0808. The maximum Gasteiger partial charge on any atom is 0.323 e. The number of hydrogen-bond acceptors (Lipinski definition) is 2. The summed E-state index contributed by atoms with van der Waals surface area (Å²) in [4.78, 5) is 24.4. The van der Waals surface area contributed by atoms with Crippen molar-refractivity contribution in [1.29, 1.82) is 0 Å². The van der Waals surface area contributed by atoms with Gasteiger partial charge in [-0.1, -0.05) is 29.3 Å². The molecule has 1 amide bonds. The van der Waals surface area contributed by atoms with Crippen LogP contribution in [-0.2, 0) is 9.59 Å². The quantitative estimate of drug-likeness (QED) is 0.856. The van der Waals surface area contributed by atoms with Gasteiger partial charge < -0.3 is 10.0 Å². The van der Waals surface area contributed by atoms with Gasteiger partial charge in [0, 0.05) is 27.2 Å². The van der Waals surface area contributed by atoms with Gasteiger partial charge in [-0.15, -0.1) is 0 Å². The lowest BCUT2D eigenvalue weighted by Gasteiger charge is -2.33. The van der Waals surface area contributed by atoms with E-state index < -0.39 is 17.4 Å². The highest BCUT2D eigenvalue weighted by Gasteiger charge is 2.26. The molecule has 0 heterocycles. The lowest BCUT2D eigenvalue weighted by molar-refractivity contribution is -0.145. The van der Waals surface area contributed by atoms with Crippen LogP contribution >= 0.6 is 23.2 Å². The van der Waals surface area contributed by atoms with Crippen LogP contribution < -0.4 is 0 Å². The third-order valence-corrected chi connectivity index (χ3v) is 3.42. The van der Waals surface area contributed by atoms with Gasteiger partial charge >= 0.3 is 5.97 Å². The number of nitrogens with zero attached hydrogens (tertiary/aromatic N) is 1. The normalized spacial score (nSPS) is 11.7. The summed E-state index contributed by atoms with van der Waals surface area (Å²) in [6.45, 7) is 4.93. The van der Waals surface area contributed by atoms with E-state index in [0.29, 0.717) is 15.6 Å². The molecule has 1 rings (SSSR count). The lowest BCUT2D eigenvalue weighted by atomic mass is 10.1. The molecule has 0 saturated heterocycles. The smallest absolute Gasteiger partial charge is 0.323 e. The van der Waals surface area contributed by atoms with Crippen molar-refractivity contribution in [1.82, 2.24) is 4.90 Å². The highest BCUT2D eigenvalue weighted by molar-refractivity contribution is 6.37. The number of aliphatic carboxylic acids is 1. The van der Waals surface area contributed by atoms with E-state index >= 15 is 0 Å². The van der Waals surface area contributed by atoms with Crippen LogP contribution in [0.1, 0.15) is 26.3 Å². The standard InChI is InChI=1S/C15H17Cl2NO3/c1-15(2,3)18(9-14(20)21)13(19)8-7-10-11(16)5-4-6-12(10)17/h4-8H,9H2,1-3H3,(H,20,21). The topological polar surface area (TPSA) is 57.6 Å². The van der Waals surface area contributed by atoms with Crippen LogP contribution in [0.5, 0.6) is 0 Å². The van der Waals surface area contributed by atoms with Crippen molar-refractivity contribution in [3.05, 3.63) is 39.9 Å². The first kappa shape index (κ1) is 17.5. The molecule has 0 bridgehead atoms. The number of carboxylic acid groups (broad SMARTS) is 1. The van der Waals surface area contributed by atoms with Crippen LogP contribution in [-0.4, -0.2) is 34.0 Å². The van der Waals surface area contributed by atoms with Crippen molar-refractivity contribution in [2.45, 2.75) is 26.3 Å². The maximum atomic E-state index is 12.2. The van der Waals surface area contributed by atoms with Gasteiger partial charge in [0.1, 0.15) is 6.54 Å². The largest absolute Gasteiger partial charge is 0.480 e. The molecule has 0 fully saturated rings. The summed E-state index contributed by atoms with van der Waals surface area (Å²) >= 11 is 12.0. The minimum Gasteiger partial charge on any atom is -0.480 e. The Labute approximate surface area is 134 Å². The third kappa shape index (κ3) is 5.06. The van der Waals surface area contributed by atoms with Crippen LogP contribution in [0, 0.1) is 0 Å². The second-order valence-corrected chi connectivity index (χ2v) is 6.27. The van der Waals surface area contributed by atoms with E-state index in [-0.39, 0.29) is 6.54 Å². The van der Waals surface area contributed by atoms with Gasteiger partial charge in [0.2, 0.25) is 5.91 Å². The Bertz CT molecular complexity index is 557. The first-order valence-electron chi connectivity index (χ1n) is 6.28. The van der Waals surface area contributed by atoms with Crippen LogP contribution in [0.4, 0.5) is 0 Å². The molecule has 0 aromatic heterocycles. The zero-order chi connectivity index (χ0) is 16.2. The number of benzene rings is 1. The van der Waals surface area contributed by atoms with Crippen molar-refractivity contribution >= 4 is 41.2 Å². The van der Waals surface area contributed by atoms with Crippen LogP contribution in [0.25, 0.3) is 6.08 Å². The van der Waals surface area contributed by atoms with E-state index in [2.05, 4.69) is 0 Å². The highest BCUT2D eigenvalue weighted by atomic mass is 35.5. The molecule has 0 aliphatic rings. The number of carboxylic acids is 1. The molecule has 0 spiro atoms. The Morgan fingerprint density at radius 2 is 1.76 bits per heavy atom. The fraction of sp³-hybridized carbons (Fsp3) is 0.333. The Hall–Kier alpha value is -1.52. The van der Waals surface area contributed by atoms with Gasteiger partial charge in [-0.25, -0.2) is 0 Å². The van der Waals surface area contributed by atoms with Crippen molar-refractivity contribution in [3.63, 3.8) is 0 Å². The molecule has 0 saturated carbocycles. The number of rotatable bonds is 4. The Balaban J connectivity index is 3.01. The minimum absolute atomic E-state index is 0.372. The van der Waals surface area contributed by atoms with E-state index in [1.807, 2.05) is 0 Å². The van der Waals surface area contributed by atoms with E-state index in [1.54, 1.807) is 39.0 Å². The molecule has 1 aromatic rings. The first-order valence-corrected chi connectivity index (χ1v) is 7.04. The Kier molecular flexibility index (Phi) is 5.81. The molecule has 0 atom stereocenters. The average Bonchev–Trinajstić information content (AvgIpc) is 2.33. The van der Waals surface area contributed by atoms with Crippen molar-refractivity contribution in [2.75, 3.05) is 6.54 Å². The molecular weight excluding hydrogens is 313 g/mol. The maximum absolute atomic E-state index is 12.2. The Morgan fingerprint density at radius 1 is 1.24 bits per heavy atom. The van der Waals surface area contributed by atoms with Crippen molar-refractivity contribution < 1.29 is 14.7 Å². The summed E-state index contributed by atoms with van der Waals surface area (Å²) in [6, 6.07) is 5.03. The highest BCUT2D eigenvalue weighted by Crippen LogP contribution is 2.25. The van der Waals surface area contributed by atoms with Crippen LogP contribution in [0.15, 0.2) is 24.3 Å². The number of hydrogen-bond donors (Lipinski definition) is 1. The number of halogens is 2. The molecule has 21 heavy (non-hydrogen) atoms. The third-order valence-electron chi connectivity index (χ3n) is 2.76. The fourth-order valence-corrected chi connectivity index (χ4v) is 2.22. The predicted molar refractivity (Wildman–Crippen MR) is 84.6 cm³/mol. The molecular formula is C15H17Cl2NO3. The van der Waals surface area contributed by atoms with Gasteiger partial charge in [-0.2, -0.15) is 0 Å². The molecule has 1 aromatic carbocycles. The predicted octanol–water partition coefficient (Wildman–Crippen LogP) is 3.72. The summed E-state index contributed by atoms with van der Waals surface area (Å²) < 4.78 is 0. The molecule has 0 aliphatic carbocycles. The number of carbonyl (C=O) groups excluding carboxylic acids is 1. The molecule has 0 unspecified atom stereocenters. The van der Waals surface area contributed by atoms with E-state index in [0.717, 1.165) is 0 Å². The van der Waals surface area contributed by atoms with Gasteiger partial charge in [0.25, 0.3) is 0 Å². The molecule has 114 valence electrons. The minimum atomic E-state index is -1.07. The van der Waals surface area contributed by atoms with Crippen molar-refractivity contribution in [2.24, 2.45) is 0 Å². The average molecular weight is 330 g/mol. The second kappa shape index (κ2) is 6.96. The SMILES string of the molecule is CC(C)(C)N(CC(=O)O)C(=O)C=Cc1c(Cl)cccc1Cl. The fourth-order valence-electron chi connectivity index (χ4n) is 1.70. The number of carbonyl (C=O) groups is 2. The van der Waals surface area contributed by atoms with E-state index in [9.17, 15) is 9.59 Å². The molecule has 4 nitrogen and oxygen atoms in total. The van der Waals surface area contributed by atoms with E-state index in [4.69, 9.17) is 28.3 Å².